The van der Waals surface area contributed by atoms with Crippen molar-refractivity contribution in [2.45, 2.75) is 51.1 Å². The number of aromatic nitrogens is 4. The van der Waals surface area contributed by atoms with Crippen LogP contribution in [-0.4, -0.2) is 44.8 Å². The molecule has 0 aromatic carbocycles. The van der Waals surface area contributed by atoms with Crippen molar-refractivity contribution in [3.63, 3.8) is 0 Å². The van der Waals surface area contributed by atoms with Gasteiger partial charge in [-0.15, -0.1) is 0 Å². The van der Waals surface area contributed by atoms with E-state index in [0.717, 1.165) is 50.2 Å². The second kappa shape index (κ2) is 7.05. The van der Waals surface area contributed by atoms with E-state index in [9.17, 15) is 9.59 Å². The number of carbonyl (C=O) groups is 1. The summed E-state index contributed by atoms with van der Waals surface area (Å²) in [5.41, 5.74) is 7.32. The normalized spacial score (nSPS) is 21.9. The van der Waals surface area contributed by atoms with Gasteiger partial charge < -0.3 is 16.0 Å². The molecule has 0 spiro atoms. The van der Waals surface area contributed by atoms with Crippen LogP contribution in [0.4, 0.5) is 11.8 Å². The van der Waals surface area contributed by atoms with Crippen molar-refractivity contribution in [2.75, 3.05) is 23.7 Å². The molecule has 9 nitrogen and oxygen atoms in total. The smallest absolute Gasteiger partial charge is 0.252 e. The second-order valence-corrected chi connectivity index (χ2v) is 7.49. The molecule has 0 unspecified atom stereocenters. The van der Waals surface area contributed by atoms with Crippen molar-refractivity contribution >= 4 is 17.7 Å². The second-order valence-electron chi connectivity index (χ2n) is 7.49. The van der Waals surface area contributed by atoms with Crippen molar-refractivity contribution in [3.05, 3.63) is 33.9 Å². The van der Waals surface area contributed by atoms with Gasteiger partial charge in [0.15, 0.2) is 0 Å². The molecular weight excluding hydrogens is 346 g/mol. The number of nitrogens with zero attached hydrogens (tertiary/aromatic N) is 4. The van der Waals surface area contributed by atoms with E-state index in [2.05, 4.69) is 25.3 Å². The van der Waals surface area contributed by atoms with Crippen LogP contribution in [0.5, 0.6) is 0 Å². The molecule has 9 heteroatoms. The number of nitrogens with one attached hydrogen (secondary N) is 2. The largest absolute Gasteiger partial charge is 0.384 e. The minimum absolute atomic E-state index is 0.0942. The minimum atomic E-state index is -0.112. The molecule has 144 valence electrons. The minimum Gasteiger partial charge on any atom is -0.384 e. The average Bonchev–Trinajstić information content (AvgIpc) is 3.20. The molecule has 2 aromatic heterocycles. The number of nitrogen functional groups attached to an aromatic ring is 1. The zero-order valence-corrected chi connectivity index (χ0v) is 15.4. The molecule has 4 N–H and O–H groups in total. The number of rotatable bonds is 5. The van der Waals surface area contributed by atoms with Crippen LogP contribution in [0.25, 0.3) is 0 Å². The van der Waals surface area contributed by atoms with Gasteiger partial charge in [0, 0.05) is 37.2 Å². The Morgan fingerprint density at radius 1 is 1.33 bits per heavy atom. The number of hydrogen-bond acceptors (Lipinski definition) is 6. The maximum atomic E-state index is 12.2. The van der Waals surface area contributed by atoms with Gasteiger partial charge in [-0.2, -0.15) is 5.10 Å². The summed E-state index contributed by atoms with van der Waals surface area (Å²) >= 11 is 0. The Morgan fingerprint density at radius 3 is 2.74 bits per heavy atom. The van der Waals surface area contributed by atoms with Crippen LogP contribution >= 0.6 is 0 Å². The maximum absolute atomic E-state index is 12.2. The molecule has 2 aromatic rings. The number of nitrogens with two attached hydrogens (primary N) is 1. The third-order valence-corrected chi connectivity index (χ3v) is 5.30. The van der Waals surface area contributed by atoms with E-state index in [1.54, 1.807) is 12.1 Å². The predicted octanol–water partition coefficient (Wildman–Crippen LogP) is 0.520. The Hall–Kier alpha value is -2.84. The molecule has 2 fully saturated rings. The van der Waals surface area contributed by atoms with Crippen LogP contribution in [-0.2, 0) is 11.3 Å². The fraction of sp³-hybridized carbons (Fsp3) is 0.556. The standard InChI is InChI=1S/C18H25N7O2/c1-11-6-15(19)25(23-11)10-17(27)20-13-7-12(8-13)14-9-16(26)22-18(21-14)24-4-2-3-5-24/h6,9,12-13H,2-5,7-8,10,19H2,1H3,(H,20,27)(H,21,22,26). The molecular formula is C18H25N7O2. The van der Waals surface area contributed by atoms with Crippen LogP contribution in [0.1, 0.15) is 43.0 Å². The maximum Gasteiger partial charge on any atom is 0.252 e. The first-order valence-corrected chi connectivity index (χ1v) is 9.43. The summed E-state index contributed by atoms with van der Waals surface area (Å²) in [5, 5.41) is 7.20. The number of amides is 1. The third kappa shape index (κ3) is 3.81. The van der Waals surface area contributed by atoms with Gasteiger partial charge in [-0.05, 0) is 32.6 Å². The zero-order chi connectivity index (χ0) is 19.0. The van der Waals surface area contributed by atoms with Crippen molar-refractivity contribution in [2.24, 2.45) is 0 Å². The molecule has 1 aliphatic carbocycles. The summed E-state index contributed by atoms with van der Waals surface area (Å²) in [5.74, 6) is 1.25. The Balaban J connectivity index is 1.33. The monoisotopic (exact) mass is 371 g/mol. The molecule has 3 heterocycles. The lowest BCUT2D eigenvalue weighted by molar-refractivity contribution is -0.123. The highest BCUT2D eigenvalue weighted by molar-refractivity contribution is 5.76. The van der Waals surface area contributed by atoms with Crippen molar-refractivity contribution in [3.8, 4) is 0 Å². The molecule has 2 aliphatic rings. The van der Waals surface area contributed by atoms with Gasteiger partial charge in [-0.1, -0.05) is 0 Å². The molecule has 0 bridgehead atoms. The first-order chi connectivity index (χ1) is 13.0. The van der Waals surface area contributed by atoms with Crippen LogP contribution < -0.4 is 21.5 Å². The summed E-state index contributed by atoms with van der Waals surface area (Å²) in [6.07, 6.45) is 3.84. The number of anilines is 2. The zero-order valence-electron chi connectivity index (χ0n) is 15.4. The first-order valence-electron chi connectivity index (χ1n) is 9.43. The SMILES string of the molecule is Cc1cc(N)n(CC(=O)NC2CC(c3cc(=O)[nH]c(N4CCCC4)n3)C2)n1. The van der Waals surface area contributed by atoms with Gasteiger partial charge >= 0.3 is 0 Å². The molecule has 1 amide bonds. The highest BCUT2D eigenvalue weighted by atomic mass is 16.2. The van der Waals surface area contributed by atoms with Gasteiger partial charge in [0.2, 0.25) is 11.9 Å². The molecule has 0 atom stereocenters. The van der Waals surface area contributed by atoms with Gasteiger partial charge in [-0.25, -0.2) is 9.67 Å². The number of hydrogen-bond donors (Lipinski definition) is 3. The number of aryl methyl sites for hydroxylation is 1. The average molecular weight is 371 g/mol. The van der Waals surface area contributed by atoms with Crippen molar-refractivity contribution < 1.29 is 4.79 Å². The molecule has 0 radical (unpaired) electrons. The van der Waals surface area contributed by atoms with E-state index in [1.807, 2.05) is 6.92 Å². The lowest BCUT2D eigenvalue weighted by Crippen LogP contribution is -2.45. The van der Waals surface area contributed by atoms with E-state index >= 15 is 0 Å². The fourth-order valence-corrected chi connectivity index (χ4v) is 3.83. The molecule has 1 aliphatic heterocycles. The Morgan fingerprint density at radius 2 is 2.07 bits per heavy atom. The van der Waals surface area contributed by atoms with Gasteiger partial charge in [-0.3, -0.25) is 14.6 Å². The fourth-order valence-electron chi connectivity index (χ4n) is 3.83. The number of aromatic amines is 1. The Kier molecular flexibility index (Phi) is 4.59. The quantitative estimate of drug-likeness (QED) is 0.704. The predicted molar refractivity (Wildman–Crippen MR) is 102 cm³/mol. The van der Waals surface area contributed by atoms with Crippen molar-refractivity contribution in [1.82, 2.24) is 25.1 Å². The first kappa shape index (κ1) is 17.6. The van der Waals surface area contributed by atoms with Gasteiger partial charge in [0.05, 0.1) is 11.4 Å². The number of H-pyrrole nitrogens is 1. The molecule has 1 saturated heterocycles. The Labute approximate surface area is 157 Å². The summed E-state index contributed by atoms with van der Waals surface area (Å²) in [7, 11) is 0. The summed E-state index contributed by atoms with van der Waals surface area (Å²) in [6.45, 7) is 3.83. The Bertz CT molecular complexity index is 891. The molecule has 1 saturated carbocycles. The molecule has 27 heavy (non-hydrogen) atoms. The van der Waals surface area contributed by atoms with Crippen molar-refractivity contribution in [1.29, 1.82) is 0 Å². The summed E-state index contributed by atoms with van der Waals surface area (Å²) in [4.78, 5) is 33.8. The summed E-state index contributed by atoms with van der Waals surface area (Å²) in [6, 6.07) is 3.41. The van der Waals surface area contributed by atoms with E-state index in [0.29, 0.717) is 11.8 Å². The van der Waals surface area contributed by atoms with Crippen LogP contribution in [0.3, 0.4) is 0 Å². The highest BCUT2D eigenvalue weighted by Gasteiger charge is 2.33. The summed E-state index contributed by atoms with van der Waals surface area (Å²) < 4.78 is 1.50. The van der Waals surface area contributed by atoms with Gasteiger partial charge in [0.1, 0.15) is 12.4 Å². The highest BCUT2D eigenvalue weighted by Crippen LogP contribution is 2.36. The van der Waals surface area contributed by atoms with E-state index in [4.69, 9.17) is 5.73 Å². The molecule has 4 rings (SSSR count). The van der Waals surface area contributed by atoms with E-state index in [-0.39, 0.29) is 30.0 Å². The van der Waals surface area contributed by atoms with Crippen LogP contribution in [0.15, 0.2) is 16.9 Å². The topological polar surface area (TPSA) is 122 Å². The lowest BCUT2D eigenvalue weighted by Gasteiger charge is -2.35. The van der Waals surface area contributed by atoms with Crippen LogP contribution in [0.2, 0.25) is 0 Å². The van der Waals surface area contributed by atoms with Gasteiger partial charge in [0.25, 0.3) is 5.56 Å². The third-order valence-electron chi connectivity index (χ3n) is 5.30. The van der Waals surface area contributed by atoms with E-state index in [1.165, 1.54) is 4.68 Å². The lowest BCUT2D eigenvalue weighted by atomic mass is 9.78. The van der Waals surface area contributed by atoms with E-state index < -0.39 is 0 Å². The number of carbonyl (C=O) groups excluding carboxylic acids is 1. The van der Waals surface area contributed by atoms with Crippen LogP contribution in [0, 0.1) is 6.92 Å².